The normalized spacial score (nSPS) is 17.8. The number of nitrogens with zero attached hydrogens (tertiary/aromatic N) is 1. The molecule has 0 saturated heterocycles. The van der Waals surface area contributed by atoms with Crippen molar-refractivity contribution >= 4 is 23.0 Å². The molecule has 0 aliphatic heterocycles. The molecule has 0 bridgehead atoms. The lowest BCUT2D eigenvalue weighted by molar-refractivity contribution is -0.925. The molecule has 0 aromatic carbocycles. The van der Waals surface area contributed by atoms with E-state index in [2.05, 4.69) is 20.8 Å². The number of aliphatic hydroxyl groups is 1. The molecule has 2 aliphatic rings. The van der Waals surface area contributed by atoms with Crippen LogP contribution in [0.15, 0.2) is 0 Å². The van der Waals surface area contributed by atoms with Crippen molar-refractivity contribution in [2.45, 2.75) is 97.8 Å². The van der Waals surface area contributed by atoms with Crippen LogP contribution in [0.4, 0.5) is 0 Å². The largest absolute Gasteiger partial charge is 0.550 e. The maximum atomic E-state index is 11.2. The van der Waals surface area contributed by atoms with Gasteiger partial charge < -0.3 is 19.5 Å². The van der Waals surface area contributed by atoms with Crippen LogP contribution in [-0.2, 0) is 4.79 Å². The van der Waals surface area contributed by atoms with Gasteiger partial charge in [-0.25, -0.2) is 0 Å². The summed E-state index contributed by atoms with van der Waals surface area (Å²) in [6.07, 6.45) is 14.7. The van der Waals surface area contributed by atoms with Gasteiger partial charge in [0.1, 0.15) is 6.54 Å². The summed E-state index contributed by atoms with van der Waals surface area (Å²) in [6.45, 7) is 11.5. The second-order valence-corrected chi connectivity index (χ2v) is 9.14. The minimum absolute atomic E-state index is 0. The van der Waals surface area contributed by atoms with Crippen LogP contribution in [0.2, 0.25) is 0 Å². The first kappa shape index (κ1) is 28.9. The number of quaternary nitrogens is 1. The Morgan fingerprint density at radius 2 is 1.38 bits per heavy atom. The molecule has 0 atom stereocenters. The minimum Gasteiger partial charge on any atom is -0.550 e. The summed E-state index contributed by atoms with van der Waals surface area (Å²) in [4.78, 5) is 11.2. The summed E-state index contributed by atoms with van der Waals surface area (Å²) >= 11 is 0. The van der Waals surface area contributed by atoms with Gasteiger partial charge in [-0.05, 0) is 64.2 Å². The van der Waals surface area contributed by atoms with E-state index in [-0.39, 0.29) is 22.9 Å². The number of hydrogen-bond acceptors (Lipinski definition) is 3. The van der Waals surface area contributed by atoms with Crippen molar-refractivity contribution in [2.24, 2.45) is 17.8 Å². The zero-order valence-corrected chi connectivity index (χ0v) is 21.1. The highest BCUT2D eigenvalue weighted by Crippen LogP contribution is 2.41. The molecule has 2 fully saturated rings. The molecule has 0 aromatic heterocycles. The van der Waals surface area contributed by atoms with E-state index in [4.69, 9.17) is 5.11 Å². The summed E-state index contributed by atoms with van der Waals surface area (Å²) in [5, 5.41) is 20.2. The van der Waals surface area contributed by atoms with Gasteiger partial charge >= 0.3 is 0 Å². The summed E-state index contributed by atoms with van der Waals surface area (Å²) in [7, 11) is 0. The number of halogens is 1. The number of aliphatic carboxylic acids is 1. The SMILES string of the molecule is Br.CCCCCC[N+](CC)(CC)CCO.O=C([O-])C(C1CCCC1)C1CCCC1. The van der Waals surface area contributed by atoms with Gasteiger partial charge in [-0.15, -0.1) is 17.0 Å². The molecule has 0 unspecified atom stereocenters. The molecule has 174 valence electrons. The molecular formula is C24H48BrNO3. The molecule has 0 spiro atoms. The van der Waals surface area contributed by atoms with Gasteiger partial charge in [0, 0.05) is 11.9 Å². The number of hydrogen-bond donors (Lipinski definition) is 1. The van der Waals surface area contributed by atoms with Crippen LogP contribution in [0.3, 0.4) is 0 Å². The molecule has 1 N–H and O–H groups in total. The number of carbonyl (C=O) groups excluding carboxylic acids is 1. The number of carbonyl (C=O) groups is 1. The summed E-state index contributed by atoms with van der Waals surface area (Å²) in [5.74, 6) is -0.0324. The highest BCUT2D eigenvalue weighted by atomic mass is 79.9. The standard InChI is InChI=1S/C12H28NO.C12H20O2.BrH/c1-4-7-8-9-10-13(5-2,6-3)11-12-14;13-12(14)11(9-5-1-2-6-9)10-7-3-4-8-10;/h14H,4-12H2,1-3H3;9-11H,1-8H2,(H,13,14);1H/q+1;;/p-1. The number of carboxylic acid groups (broad SMARTS) is 1. The Balaban J connectivity index is 0.000000523. The second kappa shape index (κ2) is 16.5. The molecule has 2 aliphatic carbocycles. The Morgan fingerprint density at radius 1 is 0.897 bits per heavy atom. The third kappa shape index (κ3) is 10.1. The Hall–Kier alpha value is -0.130. The topological polar surface area (TPSA) is 60.4 Å². The van der Waals surface area contributed by atoms with Crippen molar-refractivity contribution in [3.63, 3.8) is 0 Å². The molecule has 4 nitrogen and oxygen atoms in total. The van der Waals surface area contributed by atoms with Gasteiger partial charge in [-0.2, -0.15) is 0 Å². The van der Waals surface area contributed by atoms with E-state index < -0.39 is 5.97 Å². The second-order valence-electron chi connectivity index (χ2n) is 9.14. The van der Waals surface area contributed by atoms with E-state index in [1.807, 2.05) is 0 Å². The quantitative estimate of drug-likeness (QED) is 0.326. The van der Waals surface area contributed by atoms with Crippen molar-refractivity contribution in [3.05, 3.63) is 0 Å². The zero-order chi connectivity index (χ0) is 20.8. The van der Waals surface area contributed by atoms with Crippen LogP contribution in [0.25, 0.3) is 0 Å². The zero-order valence-electron chi connectivity index (χ0n) is 19.4. The number of aliphatic hydroxyl groups excluding tert-OH is 1. The first-order valence-electron chi connectivity index (χ1n) is 12.2. The Morgan fingerprint density at radius 3 is 1.72 bits per heavy atom. The van der Waals surface area contributed by atoms with Gasteiger partial charge in [0.2, 0.25) is 0 Å². The number of rotatable bonds is 12. The molecule has 0 amide bonds. The average Bonchev–Trinajstić information content (AvgIpc) is 3.40. The summed E-state index contributed by atoms with van der Waals surface area (Å²) in [5.41, 5.74) is 0. The van der Waals surface area contributed by atoms with Crippen molar-refractivity contribution in [1.29, 1.82) is 0 Å². The smallest absolute Gasteiger partial charge is 0.102 e. The van der Waals surface area contributed by atoms with E-state index in [0.29, 0.717) is 18.4 Å². The molecular weight excluding hydrogens is 430 g/mol. The lowest BCUT2D eigenvalue weighted by atomic mass is 9.79. The molecule has 29 heavy (non-hydrogen) atoms. The van der Waals surface area contributed by atoms with E-state index in [9.17, 15) is 9.90 Å². The number of likely N-dealkylation sites (N-methyl/N-ethyl adjacent to an activating group) is 1. The fourth-order valence-corrected chi connectivity index (χ4v) is 5.46. The van der Waals surface area contributed by atoms with Crippen LogP contribution in [0.5, 0.6) is 0 Å². The maximum Gasteiger partial charge on any atom is 0.102 e. The molecule has 0 radical (unpaired) electrons. The van der Waals surface area contributed by atoms with Crippen molar-refractivity contribution in [2.75, 3.05) is 32.8 Å². The van der Waals surface area contributed by atoms with Crippen molar-refractivity contribution in [1.82, 2.24) is 0 Å². The average molecular weight is 479 g/mol. The van der Waals surface area contributed by atoms with Crippen molar-refractivity contribution < 1.29 is 19.5 Å². The summed E-state index contributed by atoms with van der Waals surface area (Å²) in [6, 6.07) is 0. The predicted molar refractivity (Wildman–Crippen MR) is 125 cm³/mol. The lowest BCUT2D eigenvalue weighted by Crippen LogP contribution is -2.50. The highest BCUT2D eigenvalue weighted by Gasteiger charge is 2.33. The fraction of sp³-hybridized carbons (Fsp3) is 0.958. The Kier molecular flexibility index (Phi) is 16.5. The van der Waals surface area contributed by atoms with Gasteiger partial charge in [-0.1, -0.05) is 45.4 Å². The summed E-state index contributed by atoms with van der Waals surface area (Å²) < 4.78 is 1.10. The third-order valence-corrected chi connectivity index (χ3v) is 7.49. The number of unbranched alkanes of at least 4 members (excludes halogenated alkanes) is 3. The molecule has 2 rings (SSSR count). The predicted octanol–water partition coefficient (Wildman–Crippen LogP) is 4.73. The fourth-order valence-electron chi connectivity index (χ4n) is 5.46. The van der Waals surface area contributed by atoms with Crippen molar-refractivity contribution in [3.8, 4) is 0 Å². The Labute approximate surface area is 190 Å². The molecule has 2 saturated carbocycles. The van der Waals surface area contributed by atoms with Gasteiger partial charge in [0.25, 0.3) is 0 Å². The third-order valence-electron chi connectivity index (χ3n) is 7.49. The van der Waals surface area contributed by atoms with E-state index in [1.54, 1.807) is 0 Å². The highest BCUT2D eigenvalue weighted by molar-refractivity contribution is 8.93. The first-order valence-corrected chi connectivity index (χ1v) is 12.2. The minimum atomic E-state index is -0.774. The molecule has 5 heteroatoms. The van der Waals surface area contributed by atoms with Crippen LogP contribution in [0.1, 0.15) is 97.8 Å². The first-order chi connectivity index (χ1) is 13.5. The van der Waals surface area contributed by atoms with E-state index in [0.717, 1.165) is 49.8 Å². The van der Waals surface area contributed by atoms with Gasteiger partial charge in [0.05, 0.1) is 26.2 Å². The van der Waals surface area contributed by atoms with Crippen LogP contribution >= 0.6 is 17.0 Å². The van der Waals surface area contributed by atoms with Crippen LogP contribution in [0, 0.1) is 17.8 Å². The Bertz CT molecular complexity index is 387. The van der Waals surface area contributed by atoms with Gasteiger partial charge in [-0.3, -0.25) is 0 Å². The van der Waals surface area contributed by atoms with E-state index in [1.165, 1.54) is 57.9 Å². The maximum absolute atomic E-state index is 11.2. The van der Waals surface area contributed by atoms with Crippen LogP contribution in [-0.4, -0.2) is 48.3 Å². The molecule has 0 aromatic rings. The monoisotopic (exact) mass is 477 g/mol. The van der Waals surface area contributed by atoms with E-state index >= 15 is 0 Å². The molecule has 0 heterocycles. The lowest BCUT2D eigenvalue weighted by Gasteiger charge is -2.36. The number of carboxylic acids is 1. The van der Waals surface area contributed by atoms with Crippen LogP contribution < -0.4 is 5.11 Å². The van der Waals surface area contributed by atoms with Gasteiger partial charge in [0.15, 0.2) is 0 Å².